The van der Waals surface area contributed by atoms with Crippen LogP contribution in [-0.4, -0.2) is 69.1 Å². The maximum Gasteiger partial charge on any atom is 0.254 e. The molecule has 0 radical (unpaired) electrons. The van der Waals surface area contributed by atoms with Gasteiger partial charge in [0, 0.05) is 45.1 Å². The number of sulfone groups is 1. The van der Waals surface area contributed by atoms with E-state index in [4.69, 9.17) is 4.74 Å². The zero-order valence-corrected chi connectivity index (χ0v) is 14.3. The second kappa shape index (κ2) is 7.74. The molecule has 0 aromatic carbocycles. The van der Waals surface area contributed by atoms with Crippen molar-refractivity contribution in [3.8, 4) is 0 Å². The Bertz CT molecular complexity index is 648. The molecule has 0 spiro atoms. The predicted octanol–water partition coefficient (Wildman–Crippen LogP) is 0.789. The van der Waals surface area contributed by atoms with Crippen molar-refractivity contribution in [1.82, 2.24) is 9.88 Å². The van der Waals surface area contributed by atoms with E-state index in [2.05, 4.69) is 10.3 Å². The Morgan fingerprint density at radius 2 is 2.30 bits per heavy atom. The van der Waals surface area contributed by atoms with Gasteiger partial charge in [-0.15, -0.1) is 0 Å². The normalized spacial score (nSPS) is 19.5. The summed E-state index contributed by atoms with van der Waals surface area (Å²) in [5.41, 5.74) is 0.501. The zero-order chi connectivity index (χ0) is 16.9. The molecule has 0 saturated carbocycles. The Labute approximate surface area is 137 Å². The van der Waals surface area contributed by atoms with Gasteiger partial charge in [0.1, 0.15) is 5.82 Å². The number of nitrogens with one attached hydrogen (secondary N) is 1. The van der Waals surface area contributed by atoms with E-state index in [0.717, 1.165) is 6.42 Å². The molecule has 1 atom stereocenters. The number of nitrogens with zero attached hydrogens (tertiary/aromatic N) is 2. The number of methoxy groups -OCH3 is 1. The Kier molecular flexibility index (Phi) is 5.95. The number of anilines is 1. The monoisotopic (exact) mass is 341 g/mol. The highest BCUT2D eigenvalue weighted by Crippen LogP contribution is 2.19. The van der Waals surface area contributed by atoms with Crippen LogP contribution < -0.4 is 5.32 Å². The number of aromatic nitrogens is 1. The fourth-order valence-electron chi connectivity index (χ4n) is 2.54. The lowest BCUT2D eigenvalue weighted by Gasteiger charge is -2.23. The van der Waals surface area contributed by atoms with E-state index in [-0.39, 0.29) is 23.5 Å². The minimum absolute atomic E-state index is 0.0441. The van der Waals surface area contributed by atoms with Crippen LogP contribution in [0.25, 0.3) is 0 Å². The third-order valence-electron chi connectivity index (χ3n) is 3.91. The SMILES string of the molecule is COCCCNc1cc(C(=O)N(C)C2CCS(=O)(=O)C2)ccn1. The van der Waals surface area contributed by atoms with Gasteiger partial charge in [0.2, 0.25) is 0 Å². The van der Waals surface area contributed by atoms with Gasteiger partial charge in [0.05, 0.1) is 11.5 Å². The zero-order valence-electron chi connectivity index (χ0n) is 13.5. The summed E-state index contributed by atoms with van der Waals surface area (Å²) in [5, 5.41) is 3.14. The molecular formula is C15H23N3O4S. The van der Waals surface area contributed by atoms with Crippen molar-refractivity contribution in [3.05, 3.63) is 23.9 Å². The maximum absolute atomic E-state index is 12.5. The van der Waals surface area contributed by atoms with Gasteiger partial charge < -0.3 is 15.0 Å². The molecule has 0 bridgehead atoms. The van der Waals surface area contributed by atoms with Gasteiger partial charge in [-0.05, 0) is 25.0 Å². The highest BCUT2D eigenvalue weighted by molar-refractivity contribution is 7.91. The molecule has 1 unspecified atom stereocenters. The van der Waals surface area contributed by atoms with E-state index in [0.29, 0.717) is 31.0 Å². The Hall–Kier alpha value is -1.67. The molecule has 1 aliphatic rings. The van der Waals surface area contributed by atoms with Crippen molar-refractivity contribution in [2.24, 2.45) is 0 Å². The molecule has 1 aromatic heterocycles. The Balaban J connectivity index is 1.99. The number of hydrogen-bond acceptors (Lipinski definition) is 6. The summed E-state index contributed by atoms with van der Waals surface area (Å²) in [6, 6.07) is 3.08. The quantitative estimate of drug-likeness (QED) is 0.738. The lowest BCUT2D eigenvalue weighted by molar-refractivity contribution is 0.0747. The molecule has 7 nitrogen and oxygen atoms in total. The summed E-state index contributed by atoms with van der Waals surface area (Å²) < 4.78 is 28.1. The molecule has 1 fully saturated rings. The van der Waals surface area contributed by atoms with E-state index in [1.54, 1.807) is 32.5 Å². The molecule has 1 aliphatic heterocycles. The van der Waals surface area contributed by atoms with Gasteiger partial charge in [0.25, 0.3) is 5.91 Å². The number of hydrogen-bond donors (Lipinski definition) is 1. The van der Waals surface area contributed by atoms with Crippen LogP contribution in [-0.2, 0) is 14.6 Å². The van der Waals surface area contributed by atoms with Gasteiger partial charge in [-0.25, -0.2) is 13.4 Å². The van der Waals surface area contributed by atoms with Crippen LogP contribution in [0.1, 0.15) is 23.2 Å². The topological polar surface area (TPSA) is 88.6 Å². The third kappa shape index (κ3) is 4.90. The van der Waals surface area contributed by atoms with Gasteiger partial charge in [-0.1, -0.05) is 0 Å². The molecule has 0 aliphatic carbocycles. The van der Waals surface area contributed by atoms with Crippen LogP contribution >= 0.6 is 0 Å². The molecule has 2 heterocycles. The van der Waals surface area contributed by atoms with Crippen LogP contribution in [0.4, 0.5) is 5.82 Å². The van der Waals surface area contributed by atoms with Crippen molar-refractivity contribution in [2.75, 3.05) is 44.1 Å². The smallest absolute Gasteiger partial charge is 0.254 e. The molecule has 8 heteroatoms. The molecule has 1 amide bonds. The van der Waals surface area contributed by atoms with Gasteiger partial charge in [-0.3, -0.25) is 4.79 Å². The number of pyridine rings is 1. The van der Waals surface area contributed by atoms with Crippen LogP contribution in [0.3, 0.4) is 0 Å². The Morgan fingerprint density at radius 1 is 1.52 bits per heavy atom. The standard InChI is InChI=1S/C15H23N3O4S/c1-18(13-5-9-23(20,21)11-13)15(19)12-4-7-17-14(10-12)16-6-3-8-22-2/h4,7,10,13H,3,5-6,8-9,11H2,1-2H3,(H,16,17). The Morgan fingerprint density at radius 3 is 2.96 bits per heavy atom. The van der Waals surface area contributed by atoms with E-state index < -0.39 is 9.84 Å². The highest BCUT2D eigenvalue weighted by atomic mass is 32.2. The minimum atomic E-state index is -3.01. The van der Waals surface area contributed by atoms with Gasteiger partial charge >= 0.3 is 0 Å². The van der Waals surface area contributed by atoms with E-state index >= 15 is 0 Å². The maximum atomic E-state index is 12.5. The molecule has 23 heavy (non-hydrogen) atoms. The molecular weight excluding hydrogens is 318 g/mol. The van der Waals surface area contributed by atoms with Crippen LogP contribution in [0.2, 0.25) is 0 Å². The van der Waals surface area contributed by atoms with Crippen molar-refractivity contribution in [2.45, 2.75) is 18.9 Å². The summed E-state index contributed by atoms with van der Waals surface area (Å²) in [5.74, 6) is 0.634. The first kappa shape index (κ1) is 17.7. The van der Waals surface area contributed by atoms with Crippen LogP contribution in [0, 0.1) is 0 Å². The second-order valence-electron chi connectivity index (χ2n) is 5.68. The average Bonchev–Trinajstić information content (AvgIpc) is 2.90. The average molecular weight is 341 g/mol. The summed E-state index contributed by atoms with van der Waals surface area (Å²) in [4.78, 5) is 18.2. The van der Waals surface area contributed by atoms with Crippen LogP contribution in [0.5, 0.6) is 0 Å². The molecule has 2 rings (SSSR count). The number of ether oxygens (including phenoxy) is 1. The predicted molar refractivity (Wildman–Crippen MR) is 88.4 cm³/mol. The number of amides is 1. The first-order valence-corrected chi connectivity index (χ1v) is 9.41. The first-order valence-electron chi connectivity index (χ1n) is 7.59. The summed E-state index contributed by atoms with van der Waals surface area (Å²) in [7, 11) is 0.290. The third-order valence-corrected chi connectivity index (χ3v) is 5.67. The van der Waals surface area contributed by atoms with Crippen molar-refractivity contribution in [3.63, 3.8) is 0 Å². The number of rotatable bonds is 7. The molecule has 1 saturated heterocycles. The van der Waals surface area contributed by atoms with E-state index in [9.17, 15) is 13.2 Å². The highest BCUT2D eigenvalue weighted by Gasteiger charge is 2.33. The van der Waals surface area contributed by atoms with E-state index in [1.165, 1.54) is 4.90 Å². The fraction of sp³-hybridized carbons (Fsp3) is 0.600. The number of carbonyl (C=O) groups is 1. The summed E-state index contributed by atoms with van der Waals surface area (Å²) in [6.07, 6.45) is 2.92. The van der Waals surface area contributed by atoms with Crippen molar-refractivity contribution < 1.29 is 17.9 Å². The van der Waals surface area contributed by atoms with Gasteiger partial charge in [0.15, 0.2) is 9.84 Å². The molecule has 1 N–H and O–H groups in total. The van der Waals surface area contributed by atoms with Crippen LogP contribution in [0.15, 0.2) is 18.3 Å². The second-order valence-corrected chi connectivity index (χ2v) is 7.90. The fourth-order valence-corrected chi connectivity index (χ4v) is 4.32. The van der Waals surface area contributed by atoms with E-state index in [1.807, 2.05) is 0 Å². The largest absolute Gasteiger partial charge is 0.385 e. The minimum Gasteiger partial charge on any atom is -0.385 e. The lowest BCUT2D eigenvalue weighted by Crippen LogP contribution is -2.37. The lowest BCUT2D eigenvalue weighted by atomic mass is 10.2. The number of carbonyl (C=O) groups excluding carboxylic acids is 1. The molecule has 128 valence electrons. The summed E-state index contributed by atoms with van der Waals surface area (Å²) >= 11 is 0. The van der Waals surface area contributed by atoms with Gasteiger partial charge in [-0.2, -0.15) is 0 Å². The van der Waals surface area contributed by atoms with Crippen molar-refractivity contribution >= 4 is 21.6 Å². The molecule has 1 aromatic rings. The first-order chi connectivity index (χ1) is 10.9. The summed E-state index contributed by atoms with van der Waals surface area (Å²) in [6.45, 7) is 1.36. The van der Waals surface area contributed by atoms with Crippen molar-refractivity contribution in [1.29, 1.82) is 0 Å².